The second-order valence-electron chi connectivity index (χ2n) is 3.88. The number of benzene rings is 1. The summed E-state index contributed by atoms with van der Waals surface area (Å²) < 4.78 is 10.7. The fraction of sp³-hybridized carbons (Fsp3) is 0.250. The monoisotopic (exact) mass is 235 g/mol. The maximum atomic E-state index is 9.10. The number of rotatable bonds is 1. The summed E-state index contributed by atoms with van der Waals surface area (Å²) >= 11 is 0. The Morgan fingerprint density at radius 3 is 3.00 bits per heavy atom. The molecule has 2 aromatic rings. The number of hydrogen-bond donors (Lipinski definition) is 1. The van der Waals surface area contributed by atoms with E-state index in [1.165, 1.54) is 0 Å². The van der Waals surface area contributed by atoms with Gasteiger partial charge in [-0.2, -0.15) is 0 Å². The Bertz CT molecular complexity index is 547. The SMILES string of the molecule is Cc1ccc2c(c1)-c1noc(CO)c1CO2.O. The van der Waals surface area contributed by atoms with Gasteiger partial charge in [-0.25, -0.2) is 0 Å². The Morgan fingerprint density at radius 2 is 2.24 bits per heavy atom. The lowest BCUT2D eigenvalue weighted by molar-refractivity contribution is 0.222. The van der Waals surface area contributed by atoms with Crippen LogP contribution in [0.4, 0.5) is 0 Å². The third-order valence-corrected chi connectivity index (χ3v) is 2.78. The molecule has 0 unspecified atom stereocenters. The van der Waals surface area contributed by atoms with Gasteiger partial charge < -0.3 is 19.8 Å². The summed E-state index contributed by atoms with van der Waals surface area (Å²) in [6.07, 6.45) is 0. The predicted molar refractivity (Wildman–Crippen MR) is 60.5 cm³/mol. The Morgan fingerprint density at radius 1 is 1.41 bits per heavy atom. The maximum Gasteiger partial charge on any atom is 0.169 e. The van der Waals surface area contributed by atoms with Crippen LogP contribution in [-0.2, 0) is 13.2 Å². The molecule has 0 amide bonds. The average Bonchev–Trinajstić information content (AvgIpc) is 2.72. The molecular formula is C12H13NO4. The van der Waals surface area contributed by atoms with Crippen molar-refractivity contribution in [3.05, 3.63) is 35.1 Å². The van der Waals surface area contributed by atoms with Crippen LogP contribution in [0, 0.1) is 6.92 Å². The zero-order valence-electron chi connectivity index (χ0n) is 9.36. The summed E-state index contributed by atoms with van der Waals surface area (Å²) in [5.74, 6) is 1.30. The van der Waals surface area contributed by atoms with E-state index >= 15 is 0 Å². The second kappa shape index (κ2) is 4.20. The minimum atomic E-state index is -0.146. The van der Waals surface area contributed by atoms with Gasteiger partial charge in [-0.1, -0.05) is 16.8 Å². The van der Waals surface area contributed by atoms with Crippen LogP contribution >= 0.6 is 0 Å². The first-order valence-electron chi connectivity index (χ1n) is 5.11. The van der Waals surface area contributed by atoms with E-state index in [2.05, 4.69) is 5.16 Å². The Labute approximate surface area is 97.9 Å². The molecule has 0 spiro atoms. The van der Waals surface area contributed by atoms with Gasteiger partial charge >= 0.3 is 0 Å². The number of aromatic nitrogens is 1. The van der Waals surface area contributed by atoms with E-state index in [0.29, 0.717) is 12.4 Å². The maximum absolute atomic E-state index is 9.10. The van der Waals surface area contributed by atoms with Gasteiger partial charge in [-0.05, 0) is 19.1 Å². The van der Waals surface area contributed by atoms with Gasteiger partial charge in [0.15, 0.2) is 5.76 Å². The van der Waals surface area contributed by atoms with Crippen LogP contribution in [0.25, 0.3) is 11.3 Å². The van der Waals surface area contributed by atoms with Crippen molar-refractivity contribution in [3.63, 3.8) is 0 Å². The van der Waals surface area contributed by atoms with Crippen LogP contribution in [0.3, 0.4) is 0 Å². The second-order valence-corrected chi connectivity index (χ2v) is 3.88. The molecule has 0 saturated carbocycles. The molecule has 17 heavy (non-hydrogen) atoms. The van der Waals surface area contributed by atoms with Gasteiger partial charge in [0.25, 0.3) is 0 Å². The van der Waals surface area contributed by atoms with Crippen molar-refractivity contribution in [2.45, 2.75) is 20.1 Å². The summed E-state index contributed by atoms with van der Waals surface area (Å²) in [5, 5.41) is 13.1. The van der Waals surface area contributed by atoms with E-state index in [0.717, 1.165) is 28.1 Å². The number of ether oxygens (including phenoxy) is 1. The molecule has 1 aliphatic rings. The number of aliphatic hydroxyl groups excluding tert-OH is 1. The fourth-order valence-electron chi connectivity index (χ4n) is 1.93. The van der Waals surface area contributed by atoms with Gasteiger partial charge in [0, 0.05) is 5.56 Å². The van der Waals surface area contributed by atoms with Crippen molar-refractivity contribution >= 4 is 0 Å². The first kappa shape index (κ1) is 11.6. The Kier molecular flexibility index (Phi) is 2.87. The van der Waals surface area contributed by atoms with E-state index in [-0.39, 0.29) is 12.1 Å². The molecule has 3 N–H and O–H groups in total. The highest BCUT2D eigenvalue weighted by molar-refractivity contribution is 5.72. The van der Waals surface area contributed by atoms with Gasteiger partial charge in [0.1, 0.15) is 24.7 Å². The summed E-state index contributed by atoms with van der Waals surface area (Å²) in [6.45, 7) is 2.28. The Balaban J connectivity index is 0.00000108. The lowest BCUT2D eigenvalue weighted by Crippen LogP contribution is -2.06. The smallest absolute Gasteiger partial charge is 0.169 e. The van der Waals surface area contributed by atoms with Crippen LogP contribution in [0.15, 0.2) is 22.7 Å². The molecule has 5 nitrogen and oxygen atoms in total. The molecule has 0 bridgehead atoms. The Hall–Kier alpha value is -1.85. The zero-order valence-corrected chi connectivity index (χ0v) is 9.36. The molecule has 5 heteroatoms. The molecule has 0 radical (unpaired) electrons. The number of fused-ring (bicyclic) bond motifs is 3. The van der Waals surface area contributed by atoms with Crippen LogP contribution in [0.5, 0.6) is 5.75 Å². The summed E-state index contributed by atoms with van der Waals surface area (Å²) in [4.78, 5) is 0. The molecule has 1 aromatic heterocycles. The van der Waals surface area contributed by atoms with Gasteiger partial charge in [0.05, 0.1) is 5.56 Å². The zero-order chi connectivity index (χ0) is 11.1. The van der Waals surface area contributed by atoms with Gasteiger partial charge in [0.2, 0.25) is 0 Å². The molecule has 0 atom stereocenters. The van der Waals surface area contributed by atoms with Crippen molar-refractivity contribution in [1.29, 1.82) is 0 Å². The van der Waals surface area contributed by atoms with Gasteiger partial charge in [-0.3, -0.25) is 0 Å². The first-order chi connectivity index (χ1) is 7.79. The van der Waals surface area contributed by atoms with E-state index in [4.69, 9.17) is 14.4 Å². The molecule has 1 aliphatic heterocycles. The lowest BCUT2D eigenvalue weighted by atomic mass is 10.0. The largest absolute Gasteiger partial charge is 0.488 e. The van der Waals surface area contributed by atoms with Crippen molar-refractivity contribution in [2.75, 3.05) is 0 Å². The number of aliphatic hydroxyl groups is 1. The van der Waals surface area contributed by atoms with Crippen LogP contribution in [-0.4, -0.2) is 15.7 Å². The van der Waals surface area contributed by atoms with Crippen molar-refractivity contribution in [1.82, 2.24) is 5.16 Å². The third-order valence-electron chi connectivity index (χ3n) is 2.78. The van der Waals surface area contributed by atoms with E-state index in [9.17, 15) is 0 Å². The molecule has 3 rings (SSSR count). The van der Waals surface area contributed by atoms with E-state index < -0.39 is 0 Å². The van der Waals surface area contributed by atoms with Crippen molar-refractivity contribution < 1.29 is 19.8 Å². The topological polar surface area (TPSA) is 87.0 Å². The molecular weight excluding hydrogens is 222 g/mol. The van der Waals surface area contributed by atoms with Gasteiger partial charge in [-0.15, -0.1) is 0 Å². The lowest BCUT2D eigenvalue weighted by Gasteiger charge is -2.16. The highest BCUT2D eigenvalue weighted by Gasteiger charge is 2.24. The average molecular weight is 235 g/mol. The van der Waals surface area contributed by atoms with Crippen molar-refractivity contribution in [2.24, 2.45) is 0 Å². The molecule has 0 aliphatic carbocycles. The van der Waals surface area contributed by atoms with E-state index in [1.54, 1.807) is 0 Å². The number of hydrogen-bond acceptors (Lipinski definition) is 4. The molecule has 90 valence electrons. The number of nitrogens with zero attached hydrogens (tertiary/aromatic N) is 1. The highest BCUT2D eigenvalue weighted by Crippen LogP contribution is 2.38. The fourth-order valence-corrected chi connectivity index (χ4v) is 1.93. The molecule has 2 heterocycles. The molecule has 0 saturated heterocycles. The predicted octanol–water partition coefficient (Wildman–Crippen LogP) is 1.21. The minimum absolute atomic E-state index is 0. The standard InChI is InChI=1S/C12H11NO3.H2O/c1-7-2-3-10-8(4-7)12-9(6-15-10)11(5-14)16-13-12;/h2-4,14H,5-6H2,1H3;1H2. The molecule has 1 aromatic carbocycles. The van der Waals surface area contributed by atoms with Crippen LogP contribution < -0.4 is 4.74 Å². The summed E-state index contributed by atoms with van der Waals surface area (Å²) in [7, 11) is 0. The summed E-state index contributed by atoms with van der Waals surface area (Å²) in [5.41, 5.74) is 3.71. The normalized spacial score (nSPS) is 12.1. The van der Waals surface area contributed by atoms with Crippen LogP contribution in [0.1, 0.15) is 16.9 Å². The number of aryl methyl sites for hydroxylation is 1. The first-order valence-corrected chi connectivity index (χ1v) is 5.11. The third kappa shape index (κ3) is 1.69. The van der Waals surface area contributed by atoms with E-state index in [1.807, 2.05) is 25.1 Å². The summed E-state index contributed by atoms with van der Waals surface area (Å²) in [6, 6.07) is 5.94. The quantitative estimate of drug-likeness (QED) is 0.804. The minimum Gasteiger partial charge on any atom is -0.488 e. The van der Waals surface area contributed by atoms with Crippen molar-refractivity contribution in [3.8, 4) is 17.0 Å². The van der Waals surface area contributed by atoms with Crippen LogP contribution in [0.2, 0.25) is 0 Å². The molecule has 0 fully saturated rings. The highest BCUT2D eigenvalue weighted by atomic mass is 16.5.